The van der Waals surface area contributed by atoms with Gasteiger partial charge in [-0.2, -0.15) is 0 Å². The zero-order valence-corrected chi connectivity index (χ0v) is 16.3. The van der Waals surface area contributed by atoms with E-state index in [9.17, 15) is 17.6 Å². The number of carbonyl (C=O) groups is 1. The molecule has 0 saturated carbocycles. The highest BCUT2D eigenvalue weighted by Crippen LogP contribution is 2.24. The number of rotatable bonds is 5. The Bertz CT molecular complexity index is 1100. The van der Waals surface area contributed by atoms with E-state index < -0.39 is 26.6 Å². The second-order valence-electron chi connectivity index (χ2n) is 5.46. The standard InChI is InChI=1S/C17H13ClFN3O3S2/c1-10-20-15(9-26-10)17(23)21-13-6-7-14(19)16(8-13)27(24,25)22-12-4-2-11(18)3-5-12/h2-9,22H,1H3,(H,21,23). The second-order valence-corrected chi connectivity index (χ2v) is 8.61. The molecule has 2 N–H and O–H groups in total. The molecule has 0 radical (unpaired) electrons. The summed E-state index contributed by atoms with van der Waals surface area (Å²) in [5.41, 5.74) is 0.556. The van der Waals surface area contributed by atoms with Gasteiger partial charge in [-0.25, -0.2) is 17.8 Å². The van der Waals surface area contributed by atoms with Gasteiger partial charge in [0.15, 0.2) is 0 Å². The number of aromatic nitrogens is 1. The van der Waals surface area contributed by atoms with Gasteiger partial charge in [0, 0.05) is 21.8 Å². The molecule has 140 valence electrons. The summed E-state index contributed by atoms with van der Waals surface area (Å²) in [6.45, 7) is 1.76. The Kier molecular flexibility index (Phi) is 5.45. The maximum Gasteiger partial charge on any atom is 0.275 e. The zero-order chi connectivity index (χ0) is 19.6. The quantitative estimate of drug-likeness (QED) is 0.638. The van der Waals surface area contributed by atoms with Crippen LogP contribution in [-0.2, 0) is 10.0 Å². The van der Waals surface area contributed by atoms with Crippen LogP contribution in [0.4, 0.5) is 15.8 Å². The van der Waals surface area contributed by atoms with E-state index in [4.69, 9.17) is 11.6 Å². The van der Waals surface area contributed by atoms with Crippen LogP contribution in [0.2, 0.25) is 5.02 Å². The number of thiazole rings is 1. The van der Waals surface area contributed by atoms with Gasteiger partial charge in [0.25, 0.3) is 15.9 Å². The maximum atomic E-state index is 14.1. The summed E-state index contributed by atoms with van der Waals surface area (Å²) in [5, 5.41) is 5.24. The Morgan fingerprint density at radius 1 is 1.15 bits per heavy atom. The highest BCUT2D eigenvalue weighted by molar-refractivity contribution is 7.92. The summed E-state index contributed by atoms with van der Waals surface area (Å²) in [7, 11) is -4.21. The van der Waals surface area contributed by atoms with Gasteiger partial charge >= 0.3 is 0 Å². The van der Waals surface area contributed by atoms with E-state index in [1.807, 2.05) is 0 Å². The van der Waals surface area contributed by atoms with E-state index in [1.165, 1.54) is 41.7 Å². The molecule has 6 nitrogen and oxygen atoms in total. The third-order valence-corrected chi connectivity index (χ3v) is 5.85. The number of benzene rings is 2. The molecule has 0 spiro atoms. The minimum absolute atomic E-state index is 0.128. The van der Waals surface area contributed by atoms with Crippen LogP contribution in [0.1, 0.15) is 15.5 Å². The zero-order valence-electron chi connectivity index (χ0n) is 13.9. The van der Waals surface area contributed by atoms with Crippen molar-refractivity contribution in [1.82, 2.24) is 4.98 Å². The fourth-order valence-corrected chi connectivity index (χ4v) is 4.06. The first kappa shape index (κ1) is 19.3. The van der Waals surface area contributed by atoms with E-state index in [-0.39, 0.29) is 17.1 Å². The van der Waals surface area contributed by atoms with E-state index >= 15 is 0 Å². The van der Waals surface area contributed by atoms with Crippen LogP contribution in [0.15, 0.2) is 52.7 Å². The Balaban J connectivity index is 1.85. The number of carbonyl (C=O) groups excluding carboxylic acids is 1. The summed E-state index contributed by atoms with van der Waals surface area (Å²) < 4.78 is 41.4. The Labute approximate surface area is 164 Å². The third-order valence-electron chi connectivity index (χ3n) is 3.43. The van der Waals surface area contributed by atoms with E-state index in [0.29, 0.717) is 5.02 Å². The number of nitrogens with zero attached hydrogens (tertiary/aromatic N) is 1. The number of hydrogen-bond donors (Lipinski definition) is 2. The molecule has 0 aliphatic carbocycles. The van der Waals surface area contributed by atoms with Gasteiger partial charge in [-0.05, 0) is 49.4 Å². The lowest BCUT2D eigenvalue weighted by Crippen LogP contribution is -2.16. The lowest BCUT2D eigenvalue weighted by atomic mass is 10.3. The smallest absolute Gasteiger partial charge is 0.275 e. The third kappa shape index (κ3) is 4.62. The lowest BCUT2D eigenvalue weighted by Gasteiger charge is -2.11. The van der Waals surface area contributed by atoms with E-state index in [1.54, 1.807) is 12.3 Å². The molecule has 0 bridgehead atoms. The molecule has 0 aliphatic rings. The van der Waals surface area contributed by atoms with Crippen LogP contribution in [0.5, 0.6) is 0 Å². The van der Waals surface area contributed by atoms with Crippen molar-refractivity contribution in [3.8, 4) is 0 Å². The number of halogens is 2. The van der Waals surface area contributed by atoms with Crippen molar-refractivity contribution in [2.24, 2.45) is 0 Å². The van der Waals surface area contributed by atoms with Crippen molar-refractivity contribution in [2.45, 2.75) is 11.8 Å². The van der Waals surface area contributed by atoms with E-state index in [2.05, 4.69) is 15.0 Å². The van der Waals surface area contributed by atoms with Crippen LogP contribution < -0.4 is 10.0 Å². The molecule has 10 heteroatoms. The molecule has 1 aromatic heterocycles. The average molecular weight is 426 g/mol. The predicted molar refractivity (Wildman–Crippen MR) is 103 cm³/mol. The molecule has 3 rings (SSSR count). The van der Waals surface area contributed by atoms with Gasteiger partial charge in [-0.15, -0.1) is 11.3 Å². The predicted octanol–water partition coefficient (Wildman–Crippen LogP) is 4.30. The number of anilines is 2. The fourth-order valence-electron chi connectivity index (χ4n) is 2.18. The minimum Gasteiger partial charge on any atom is -0.321 e. The van der Waals surface area contributed by atoms with Crippen LogP contribution in [-0.4, -0.2) is 19.3 Å². The molecule has 27 heavy (non-hydrogen) atoms. The SMILES string of the molecule is Cc1nc(C(=O)Nc2ccc(F)c(S(=O)(=O)Nc3ccc(Cl)cc3)c2)cs1. The highest BCUT2D eigenvalue weighted by atomic mass is 35.5. The average Bonchev–Trinajstić information content (AvgIpc) is 3.05. The first-order valence-electron chi connectivity index (χ1n) is 7.56. The summed E-state index contributed by atoms with van der Waals surface area (Å²) in [6.07, 6.45) is 0. The molecule has 2 aromatic carbocycles. The fraction of sp³-hybridized carbons (Fsp3) is 0.0588. The van der Waals surface area contributed by atoms with Gasteiger partial charge in [-0.1, -0.05) is 11.6 Å². The van der Waals surface area contributed by atoms with Gasteiger partial charge < -0.3 is 5.32 Å². The molecule has 0 atom stereocenters. The molecule has 0 saturated heterocycles. The number of amides is 1. The van der Waals surface area contributed by atoms with Crippen LogP contribution >= 0.6 is 22.9 Å². The first-order chi connectivity index (χ1) is 12.7. The van der Waals surface area contributed by atoms with Crippen molar-refractivity contribution in [2.75, 3.05) is 10.0 Å². The van der Waals surface area contributed by atoms with Gasteiger partial charge in [0.1, 0.15) is 16.4 Å². The summed E-state index contributed by atoms with van der Waals surface area (Å²) in [6, 6.07) is 9.20. The van der Waals surface area contributed by atoms with Gasteiger partial charge in [-0.3, -0.25) is 9.52 Å². The molecule has 0 unspecified atom stereocenters. The molecular weight excluding hydrogens is 413 g/mol. The minimum atomic E-state index is -4.21. The van der Waals surface area contributed by atoms with Gasteiger partial charge in [0.05, 0.1) is 5.01 Å². The van der Waals surface area contributed by atoms with Crippen molar-refractivity contribution in [3.63, 3.8) is 0 Å². The second kappa shape index (κ2) is 7.63. The molecule has 3 aromatic rings. The molecule has 1 amide bonds. The highest BCUT2D eigenvalue weighted by Gasteiger charge is 2.21. The molecular formula is C17H13ClFN3O3S2. The van der Waals surface area contributed by atoms with Crippen LogP contribution in [0, 0.1) is 12.7 Å². The number of nitrogens with one attached hydrogen (secondary N) is 2. The van der Waals surface area contributed by atoms with Crippen molar-refractivity contribution < 1.29 is 17.6 Å². The number of aryl methyl sites for hydroxylation is 1. The summed E-state index contributed by atoms with van der Waals surface area (Å²) >= 11 is 7.07. The molecule has 0 fully saturated rings. The van der Waals surface area contributed by atoms with Crippen LogP contribution in [0.3, 0.4) is 0 Å². The van der Waals surface area contributed by atoms with Crippen molar-refractivity contribution in [1.29, 1.82) is 0 Å². The number of sulfonamides is 1. The van der Waals surface area contributed by atoms with Crippen molar-refractivity contribution in [3.05, 3.63) is 69.4 Å². The Morgan fingerprint density at radius 3 is 2.44 bits per heavy atom. The number of hydrogen-bond acceptors (Lipinski definition) is 5. The first-order valence-corrected chi connectivity index (χ1v) is 10.3. The van der Waals surface area contributed by atoms with E-state index in [0.717, 1.165) is 17.1 Å². The molecule has 0 aliphatic heterocycles. The van der Waals surface area contributed by atoms with Crippen molar-refractivity contribution >= 4 is 50.2 Å². The Morgan fingerprint density at radius 2 is 1.81 bits per heavy atom. The summed E-state index contributed by atoms with van der Waals surface area (Å²) in [4.78, 5) is 15.6. The molecule has 1 heterocycles. The summed E-state index contributed by atoms with van der Waals surface area (Å²) in [5.74, 6) is -1.46. The van der Waals surface area contributed by atoms with Gasteiger partial charge in [0.2, 0.25) is 0 Å². The Hall–Kier alpha value is -2.49. The monoisotopic (exact) mass is 425 g/mol. The lowest BCUT2D eigenvalue weighted by molar-refractivity contribution is 0.102. The topological polar surface area (TPSA) is 88.2 Å². The normalized spacial score (nSPS) is 11.2. The van der Waals surface area contributed by atoms with Crippen LogP contribution in [0.25, 0.3) is 0 Å². The maximum absolute atomic E-state index is 14.1. The largest absolute Gasteiger partial charge is 0.321 e.